The number of nitrogens with one attached hydrogen (secondary N) is 1. The summed E-state index contributed by atoms with van der Waals surface area (Å²) >= 11 is 0. The first-order valence-corrected chi connectivity index (χ1v) is 9.41. The lowest BCUT2D eigenvalue weighted by Gasteiger charge is -2.30. The van der Waals surface area contributed by atoms with Crippen molar-refractivity contribution in [2.75, 3.05) is 23.9 Å². The predicted molar refractivity (Wildman–Crippen MR) is 111 cm³/mol. The van der Waals surface area contributed by atoms with Crippen molar-refractivity contribution in [3.8, 4) is 0 Å². The normalized spacial score (nSPS) is 12.8. The monoisotopic (exact) mass is 387 g/mol. The lowest BCUT2D eigenvalue weighted by Crippen LogP contribution is -2.30. The molecule has 1 aliphatic heterocycles. The van der Waals surface area contributed by atoms with Crippen molar-refractivity contribution in [3.63, 3.8) is 0 Å². The topological polar surface area (TPSA) is 71.5 Å². The highest BCUT2D eigenvalue weighted by molar-refractivity contribution is 6.08. The maximum absolute atomic E-state index is 12.8. The van der Waals surface area contributed by atoms with E-state index < -0.39 is 5.97 Å². The van der Waals surface area contributed by atoms with Crippen molar-refractivity contribution in [2.45, 2.75) is 13.0 Å². The van der Waals surface area contributed by atoms with Crippen LogP contribution in [0.5, 0.6) is 0 Å². The van der Waals surface area contributed by atoms with Gasteiger partial charge in [-0.15, -0.1) is 0 Å². The molecule has 6 nitrogen and oxygen atoms in total. The Morgan fingerprint density at radius 3 is 2.62 bits per heavy atom. The molecule has 1 amide bonds. The highest BCUT2D eigenvalue weighted by Gasteiger charge is 2.19. The first-order chi connectivity index (χ1) is 14.2. The zero-order valence-electron chi connectivity index (χ0n) is 16.1. The summed E-state index contributed by atoms with van der Waals surface area (Å²) in [7, 11) is 1.31. The minimum Gasteiger partial charge on any atom is -0.465 e. The van der Waals surface area contributed by atoms with E-state index in [0.29, 0.717) is 16.8 Å². The van der Waals surface area contributed by atoms with Crippen LogP contribution in [0, 0.1) is 0 Å². The molecule has 29 heavy (non-hydrogen) atoms. The molecule has 146 valence electrons. The Morgan fingerprint density at radius 1 is 1.03 bits per heavy atom. The highest BCUT2D eigenvalue weighted by atomic mass is 16.5. The van der Waals surface area contributed by atoms with Crippen molar-refractivity contribution in [3.05, 3.63) is 89.2 Å². The molecule has 0 atom stereocenters. The van der Waals surface area contributed by atoms with Gasteiger partial charge in [-0.3, -0.25) is 9.78 Å². The molecule has 0 bridgehead atoms. The van der Waals surface area contributed by atoms with Gasteiger partial charge in [0.05, 0.1) is 35.8 Å². The number of amides is 1. The summed E-state index contributed by atoms with van der Waals surface area (Å²) in [5, 5.41) is 2.79. The van der Waals surface area contributed by atoms with E-state index in [0.717, 1.165) is 25.2 Å². The van der Waals surface area contributed by atoms with E-state index in [1.165, 1.54) is 24.4 Å². The maximum Gasteiger partial charge on any atom is 0.339 e. The Hall–Kier alpha value is -3.67. The third-order valence-electron chi connectivity index (χ3n) is 5.06. The molecule has 2 heterocycles. The number of para-hydroxylation sites is 1. The van der Waals surface area contributed by atoms with Crippen molar-refractivity contribution < 1.29 is 14.3 Å². The molecule has 1 aromatic heterocycles. The lowest BCUT2D eigenvalue weighted by atomic mass is 9.99. The summed E-state index contributed by atoms with van der Waals surface area (Å²) in [5.74, 6) is -0.826. The number of pyridine rings is 1. The van der Waals surface area contributed by atoms with Crippen molar-refractivity contribution >= 4 is 23.3 Å². The number of esters is 1. The second-order valence-corrected chi connectivity index (χ2v) is 6.86. The SMILES string of the molecule is COC(=O)c1ccccc1NC(=O)c1cncc(N2CCc3ccccc3C2)c1. The summed E-state index contributed by atoms with van der Waals surface area (Å²) in [6.07, 6.45) is 4.25. The zero-order valence-corrected chi connectivity index (χ0v) is 16.1. The largest absolute Gasteiger partial charge is 0.465 e. The molecule has 0 saturated carbocycles. The number of hydrogen-bond acceptors (Lipinski definition) is 5. The van der Waals surface area contributed by atoms with Gasteiger partial charge in [0.2, 0.25) is 0 Å². The van der Waals surface area contributed by atoms with Crippen LogP contribution in [0.2, 0.25) is 0 Å². The van der Waals surface area contributed by atoms with E-state index in [9.17, 15) is 9.59 Å². The van der Waals surface area contributed by atoms with Crippen LogP contribution in [-0.4, -0.2) is 30.5 Å². The summed E-state index contributed by atoms with van der Waals surface area (Å²) in [5.41, 5.74) is 4.70. The van der Waals surface area contributed by atoms with Gasteiger partial charge < -0.3 is 15.0 Å². The van der Waals surface area contributed by atoms with Gasteiger partial charge in [0.15, 0.2) is 0 Å². The van der Waals surface area contributed by atoms with Gasteiger partial charge in [-0.1, -0.05) is 36.4 Å². The molecule has 0 fully saturated rings. The number of carbonyl (C=O) groups excluding carboxylic acids is 2. The standard InChI is InChI=1S/C23H21N3O3/c1-29-23(28)20-8-4-5-9-21(20)25-22(27)18-12-19(14-24-13-18)26-11-10-16-6-2-3-7-17(16)15-26/h2-9,12-14H,10-11,15H2,1H3,(H,25,27). The van der Waals surface area contributed by atoms with Crippen molar-refractivity contribution in [1.29, 1.82) is 0 Å². The third kappa shape index (κ3) is 3.96. The number of fused-ring (bicyclic) bond motifs is 1. The fourth-order valence-electron chi connectivity index (χ4n) is 3.52. The Morgan fingerprint density at radius 2 is 1.79 bits per heavy atom. The quantitative estimate of drug-likeness (QED) is 0.692. The number of aromatic nitrogens is 1. The smallest absolute Gasteiger partial charge is 0.339 e. The van der Waals surface area contributed by atoms with Gasteiger partial charge in [0, 0.05) is 19.3 Å². The van der Waals surface area contributed by atoms with E-state index in [1.54, 1.807) is 30.5 Å². The molecule has 2 aromatic carbocycles. The molecule has 3 aromatic rings. The first kappa shape index (κ1) is 18.7. The number of benzene rings is 2. The number of hydrogen-bond donors (Lipinski definition) is 1. The van der Waals surface area contributed by atoms with Crippen LogP contribution in [0.25, 0.3) is 0 Å². The number of nitrogens with zero attached hydrogens (tertiary/aromatic N) is 2. The van der Waals surface area contributed by atoms with E-state index >= 15 is 0 Å². The molecule has 0 saturated heterocycles. The van der Waals surface area contributed by atoms with Gasteiger partial charge in [-0.25, -0.2) is 4.79 Å². The number of rotatable bonds is 4. The number of anilines is 2. The third-order valence-corrected chi connectivity index (χ3v) is 5.06. The second-order valence-electron chi connectivity index (χ2n) is 6.86. The summed E-state index contributed by atoms with van der Waals surface area (Å²) in [6.45, 7) is 1.66. The van der Waals surface area contributed by atoms with Crippen LogP contribution in [-0.2, 0) is 17.7 Å². The molecule has 6 heteroatoms. The fourth-order valence-corrected chi connectivity index (χ4v) is 3.52. The maximum atomic E-state index is 12.8. The second kappa shape index (κ2) is 8.14. The van der Waals surface area contributed by atoms with Crippen molar-refractivity contribution in [2.24, 2.45) is 0 Å². The molecular weight excluding hydrogens is 366 g/mol. The fraction of sp³-hybridized carbons (Fsp3) is 0.174. The van der Waals surface area contributed by atoms with E-state index in [4.69, 9.17) is 4.74 Å². The predicted octanol–water partition coefficient (Wildman–Crippen LogP) is 3.68. The van der Waals surface area contributed by atoms with Crippen LogP contribution < -0.4 is 10.2 Å². The van der Waals surface area contributed by atoms with Gasteiger partial charge in [0.25, 0.3) is 5.91 Å². The molecule has 0 radical (unpaired) electrons. The Bertz CT molecular complexity index is 1060. The summed E-state index contributed by atoms with van der Waals surface area (Å²) < 4.78 is 4.78. The molecule has 0 unspecified atom stereocenters. The van der Waals surface area contributed by atoms with Crippen molar-refractivity contribution in [1.82, 2.24) is 4.98 Å². The molecule has 1 aliphatic rings. The van der Waals surface area contributed by atoms with E-state index in [2.05, 4.69) is 33.4 Å². The van der Waals surface area contributed by atoms with Crippen LogP contribution in [0.3, 0.4) is 0 Å². The van der Waals surface area contributed by atoms with Gasteiger partial charge in [-0.2, -0.15) is 0 Å². The minimum atomic E-state index is -0.500. The molecular formula is C23H21N3O3. The Balaban J connectivity index is 1.54. The van der Waals surface area contributed by atoms with Gasteiger partial charge in [-0.05, 0) is 35.7 Å². The number of ether oxygens (including phenoxy) is 1. The number of carbonyl (C=O) groups is 2. The number of methoxy groups -OCH3 is 1. The molecule has 0 spiro atoms. The van der Waals surface area contributed by atoms with Crippen LogP contribution in [0.4, 0.5) is 11.4 Å². The first-order valence-electron chi connectivity index (χ1n) is 9.41. The van der Waals surface area contributed by atoms with E-state index in [1.807, 2.05) is 12.1 Å². The Labute approximate surface area is 169 Å². The lowest BCUT2D eigenvalue weighted by molar-refractivity contribution is 0.0602. The molecule has 0 aliphatic carbocycles. The van der Waals surface area contributed by atoms with E-state index in [-0.39, 0.29) is 5.91 Å². The molecule has 4 rings (SSSR count). The molecule has 1 N–H and O–H groups in total. The van der Waals surface area contributed by atoms with Crippen LogP contribution in [0.1, 0.15) is 31.8 Å². The van der Waals surface area contributed by atoms with Crippen LogP contribution in [0.15, 0.2) is 67.0 Å². The zero-order chi connectivity index (χ0) is 20.2. The average molecular weight is 387 g/mol. The minimum absolute atomic E-state index is 0.306. The summed E-state index contributed by atoms with van der Waals surface area (Å²) in [4.78, 5) is 31.2. The van der Waals surface area contributed by atoms with Gasteiger partial charge in [0.1, 0.15) is 0 Å². The van der Waals surface area contributed by atoms with Gasteiger partial charge >= 0.3 is 5.97 Å². The summed E-state index contributed by atoms with van der Waals surface area (Å²) in [6, 6.07) is 17.0. The Kier molecular flexibility index (Phi) is 5.24. The average Bonchev–Trinajstić information content (AvgIpc) is 2.78. The highest BCUT2D eigenvalue weighted by Crippen LogP contribution is 2.25. The van der Waals surface area contributed by atoms with Crippen LogP contribution >= 0.6 is 0 Å².